The molecule has 0 N–H and O–H groups in total. The van der Waals surface area contributed by atoms with E-state index in [1.54, 1.807) is 79.7 Å². The van der Waals surface area contributed by atoms with Crippen LogP contribution in [-0.4, -0.2) is 89.3 Å². The molecule has 0 aliphatic carbocycles. The number of sulfone groups is 1. The zero-order valence-electron chi connectivity index (χ0n) is 39.2. The van der Waals surface area contributed by atoms with Crippen molar-refractivity contribution in [1.82, 2.24) is 19.8 Å². The molecule has 2 aromatic heterocycles. The van der Waals surface area contributed by atoms with Crippen LogP contribution in [0.3, 0.4) is 0 Å². The Hall–Kier alpha value is -4.89. The van der Waals surface area contributed by atoms with Crippen LogP contribution in [0.4, 0.5) is 0 Å². The number of oxazole rings is 2. The van der Waals surface area contributed by atoms with Gasteiger partial charge in [0.25, 0.3) is 0 Å². The summed E-state index contributed by atoms with van der Waals surface area (Å²) in [5, 5.41) is 0. The van der Waals surface area contributed by atoms with E-state index in [2.05, 4.69) is 24.5 Å². The minimum atomic E-state index is -3.57. The molecule has 4 heterocycles. The first-order chi connectivity index (χ1) is 32.3. The first-order valence-corrected chi connectivity index (χ1v) is 25.3. The molecule has 18 heteroatoms. The largest absolute Gasteiger partial charge is 1.00 e. The predicted molar refractivity (Wildman–Crippen MR) is 255 cm³/mol. The van der Waals surface area contributed by atoms with Crippen molar-refractivity contribution >= 4 is 44.5 Å². The number of esters is 2. The molecule has 8 rings (SSSR count). The van der Waals surface area contributed by atoms with Crippen LogP contribution in [0.25, 0.3) is 22.9 Å². The van der Waals surface area contributed by atoms with E-state index in [-0.39, 0.29) is 35.5 Å². The Morgan fingerprint density at radius 3 is 1.43 bits per heavy atom. The van der Waals surface area contributed by atoms with Crippen LogP contribution in [-0.2, 0) is 55.1 Å². The average Bonchev–Trinajstić information content (AvgIpc) is 3.92. The van der Waals surface area contributed by atoms with Gasteiger partial charge in [0.15, 0.2) is 9.84 Å². The van der Waals surface area contributed by atoms with Crippen LogP contribution in [0.1, 0.15) is 93.3 Å². The topological polar surface area (TPSA) is 185 Å². The summed E-state index contributed by atoms with van der Waals surface area (Å²) in [6.07, 6.45) is 7.63. The van der Waals surface area contributed by atoms with Crippen molar-refractivity contribution in [2.45, 2.75) is 86.9 Å². The minimum absolute atomic E-state index is 0. The number of methoxy groups -OCH3 is 2. The van der Waals surface area contributed by atoms with Gasteiger partial charge in [-0.25, -0.2) is 28.0 Å². The normalized spacial score (nSPS) is 14.6. The molecule has 6 aromatic rings. The average molecular weight is 980 g/mol. The maximum atomic E-state index is 13.0. The molecular formula is C50H56ClLiN4O10S2. The molecule has 68 heavy (non-hydrogen) atoms. The van der Waals surface area contributed by atoms with Gasteiger partial charge in [0, 0.05) is 29.1 Å². The van der Waals surface area contributed by atoms with Crippen LogP contribution >= 0.6 is 11.6 Å². The van der Waals surface area contributed by atoms with Gasteiger partial charge in [-0.3, -0.25) is 14.0 Å². The number of carbonyl (C=O) groups is 2. The summed E-state index contributed by atoms with van der Waals surface area (Å²) < 4.78 is 68.0. The molecule has 0 amide bonds. The summed E-state index contributed by atoms with van der Waals surface area (Å²) in [5.41, 5.74) is 5.75. The number of halogens is 1. The number of rotatable bonds is 13. The zero-order chi connectivity index (χ0) is 47.9. The van der Waals surface area contributed by atoms with Crippen molar-refractivity contribution in [2.75, 3.05) is 40.4 Å². The smallest absolute Gasteiger partial charge is 0.768 e. The second-order valence-corrected chi connectivity index (χ2v) is 19.5. The molecule has 14 nitrogen and oxygen atoms in total. The van der Waals surface area contributed by atoms with Crippen molar-refractivity contribution < 1.29 is 63.9 Å². The number of nitrogens with zero attached hydrogens (tertiary/aromatic N) is 4. The van der Waals surface area contributed by atoms with Crippen LogP contribution in [0, 0.1) is 13.8 Å². The number of carbonyl (C=O) groups excluding carboxylic acids is 2. The fraction of sp³-hybridized carbons (Fsp3) is 0.360. The van der Waals surface area contributed by atoms with E-state index in [0.29, 0.717) is 56.5 Å². The molecule has 1 atom stereocenters. The molecule has 0 saturated carbocycles. The van der Waals surface area contributed by atoms with E-state index in [0.717, 1.165) is 56.1 Å². The molecular weight excluding hydrogens is 923 g/mol. The molecule has 2 aliphatic rings. The van der Waals surface area contributed by atoms with Crippen LogP contribution in [0.15, 0.2) is 116 Å². The molecule has 356 valence electrons. The van der Waals surface area contributed by atoms with Gasteiger partial charge < -0.3 is 22.9 Å². The van der Waals surface area contributed by atoms with Crippen molar-refractivity contribution in [2.24, 2.45) is 0 Å². The van der Waals surface area contributed by atoms with Crippen LogP contribution in [0.5, 0.6) is 0 Å². The Morgan fingerprint density at radius 2 is 1.04 bits per heavy atom. The number of benzene rings is 4. The number of ether oxygens (including phenoxy) is 2. The van der Waals surface area contributed by atoms with Gasteiger partial charge in [0.2, 0.25) is 11.8 Å². The summed E-state index contributed by atoms with van der Waals surface area (Å²) in [6.45, 7) is 9.82. The Morgan fingerprint density at radius 1 is 0.647 bits per heavy atom. The van der Waals surface area contributed by atoms with Crippen molar-refractivity contribution in [3.63, 3.8) is 0 Å². The van der Waals surface area contributed by atoms with Gasteiger partial charge in [-0.15, -0.1) is 11.6 Å². The monoisotopic (exact) mass is 978 g/mol. The maximum absolute atomic E-state index is 13.0. The molecule has 2 saturated heterocycles. The van der Waals surface area contributed by atoms with E-state index >= 15 is 0 Å². The first kappa shape index (κ1) is 54.1. The maximum Gasteiger partial charge on any atom is 1.00 e. The fourth-order valence-electron chi connectivity index (χ4n) is 7.62. The van der Waals surface area contributed by atoms with E-state index in [1.807, 2.05) is 31.2 Å². The number of alkyl halides is 1. The minimum Gasteiger partial charge on any atom is -0.768 e. The third-order valence-corrected chi connectivity index (χ3v) is 14.0. The standard InChI is InChI=1S/C25H28N2O5S.C13H12ClNO3.C12H17NO2S.Li/c1-18-23(26-24(32-18)20-8-10-21(11-9-20)25(28)31-2)17-33(29,30)22-12-6-19(7-13-22)16-27-14-4-3-5-15-27;1-8-11(7-14)15-12(18-8)9-3-5-10(6-4-9)13(16)17-2;14-16(15)12-6-4-11(5-7-12)10-13-8-2-1-3-9-13;/h6-13H,3-5,14-17H2,1-2H3;3-6H,7H2,1-2H3;4-7H,1-3,8-10H2,(H,14,15);/q;;;+1/p-1. The predicted octanol–water partition coefficient (Wildman–Crippen LogP) is 6.49. The van der Waals surface area contributed by atoms with Gasteiger partial charge in [0.05, 0.1) is 47.5 Å². The Bertz CT molecular complexity index is 2680. The molecule has 4 aromatic carbocycles. The zero-order valence-corrected chi connectivity index (χ0v) is 41.6. The van der Waals surface area contributed by atoms with Crippen LogP contribution < -0.4 is 18.9 Å². The van der Waals surface area contributed by atoms with Gasteiger partial charge in [-0.1, -0.05) is 37.1 Å². The molecule has 1 unspecified atom stereocenters. The first-order valence-electron chi connectivity index (χ1n) is 22.1. The molecule has 0 bridgehead atoms. The number of hydrogen-bond acceptors (Lipinski definition) is 14. The molecule has 0 spiro atoms. The quantitative estimate of drug-likeness (QED) is 0.0530. The second-order valence-electron chi connectivity index (χ2n) is 16.3. The Labute approximate surface area is 418 Å². The number of aryl methyl sites for hydroxylation is 2. The number of piperidine rings is 2. The number of hydrogen-bond donors (Lipinski definition) is 0. The molecule has 2 fully saturated rings. The summed E-state index contributed by atoms with van der Waals surface area (Å²) >= 11 is 3.63. The van der Waals surface area contributed by atoms with Crippen LogP contribution in [0.2, 0.25) is 0 Å². The molecule has 0 radical (unpaired) electrons. The summed E-state index contributed by atoms with van der Waals surface area (Å²) in [6, 6.07) is 27.8. The van der Waals surface area contributed by atoms with Gasteiger partial charge >= 0.3 is 30.8 Å². The third kappa shape index (κ3) is 15.3. The number of likely N-dealkylation sites (tertiary alicyclic amines) is 2. The SMILES string of the molecule is COC(=O)c1ccc(-c2nc(CCl)c(C)o2)cc1.COC(=O)c1ccc(-c2nc(CS(=O)(=O)c3ccc(CN4CCCCC4)cc3)c(C)o2)cc1.O=S([O-])c1ccc(CN2CCCCC2)cc1.[Li+]. The summed E-state index contributed by atoms with van der Waals surface area (Å²) in [7, 11) is -0.903. The Balaban J connectivity index is 0.000000208. The third-order valence-electron chi connectivity index (χ3n) is 11.5. The second kappa shape index (κ2) is 26.2. The van der Waals surface area contributed by atoms with Gasteiger partial charge in [0.1, 0.15) is 17.3 Å². The number of aromatic nitrogens is 2. The Kier molecular flexibility index (Phi) is 20.8. The van der Waals surface area contributed by atoms with Crippen molar-refractivity contribution in [1.29, 1.82) is 0 Å². The van der Waals surface area contributed by atoms with Gasteiger partial charge in [-0.05, 0) is 161 Å². The van der Waals surface area contributed by atoms with Crippen molar-refractivity contribution in [3.05, 3.63) is 142 Å². The van der Waals surface area contributed by atoms with E-state index in [1.165, 1.54) is 58.3 Å². The van der Waals surface area contributed by atoms with E-state index in [9.17, 15) is 26.8 Å². The van der Waals surface area contributed by atoms with Gasteiger partial charge in [-0.2, -0.15) is 0 Å². The fourth-order valence-corrected chi connectivity index (χ4v) is 9.57. The van der Waals surface area contributed by atoms with E-state index < -0.39 is 26.9 Å². The summed E-state index contributed by atoms with van der Waals surface area (Å²) in [4.78, 5) is 37.0. The summed E-state index contributed by atoms with van der Waals surface area (Å²) in [5.74, 6) is 1.24. The molecule has 2 aliphatic heterocycles. The van der Waals surface area contributed by atoms with Crippen molar-refractivity contribution in [3.8, 4) is 22.9 Å². The van der Waals surface area contributed by atoms with E-state index in [4.69, 9.17) is 25.2 Å².